The maximum Gasteiger partial charge on any atom is 0.253 e. The van der Waals surface area contributed by atoms with Crippen molar-refractivity contribution in [3.05, 3.63) is 58.1 Å². The van der Waals surface area contributed by atoms with Crippen LogP contribution in [0.1, 0.15) is 51.5 Å². The topological polar surface area (TPSA) is 68.0 Å². The minimum Gasteiger partial charge on any atom is -0.361 e. The molecule has 0 saturated heterocycles. The molecule has 2 aromatic heterocycles. The molecule has 0 unspecified atom stereocenters. The number of hydrogen-bond acceptors (Lipinski definition) is 4. The fourth-order valence-electron chi connectivity index (χ4n) is 3.50. The van der Waals surface area contributed by atoms with Crippen molar-refractivity contribution in [1.82, 2.24) is 15.5 Å². The van der Waals surface area contributed by atoms with Crippen LogP contribution in [0.4, 0.5) is 0 Å². The second kappa shape index (κ2) is 6.67. The summed E-state index contributed by atoms with van der Waals surface area (Å²) in [6.07, 6.45) is 0. The van der Waals surface area contributed by atoms with Gasteiger partial charge in [0, 0.05) is 23.4 Å². The number of nitrogens with one attached hydrogen (secondary N) is 1. The van der Waals surface area contributed by atoms with Crippen molar-refractivity contribution in [2.24, 2.45) is 0 Å². The molecule has 1 aromatic carbocycles. The summed E-state index contributed by atoms with van der Waals surface area (Å²) < 4.78 is 5.22. The van der Waals surface area contributed by atoms with E-state index >= 15 is 0 Å². The molecule has 0 saturated carbocycles. The Bertz CT molecular complexity index is 924. The Morgan fingerprint density at radius 3 is 2.56 bits per heavy atom. The van der Waals surface area contributed by atoms with Crippen LogP contribution in [0.2, 0.25) is 0 Å². The molecule has 3 rings (SSSR count). The lowest BCUT2D eigenvalue weighted by Gasteiger charge is -2.15. The summed E-state index contributed by atoms with van der Waals surface area (Å²) in [5.74, 6) is 0.843. The Kier molecular flexibility index (Phi) is 4.57. The maximum absolute atomic E-state index is 12.8. The van der Waals surface area contributed by atoms with Gasteiger partial charge >= 0.3 is 0 Å². The van der Waals surface area contributed by atoms with E-state index in [1.54, 1.807) is 0 Å². The first kappa shape index (κ1) is 17.1. The van der Waals surface area contributed by atoms with Crippen molar-refractivity contribution in [2.75, 3.05) is 6.54 Å². The third-order valence-electron chi connectivity index (χ3n) is 4.71. The van der Waals surface area contributed by atoms with Gasteiger partial charge in [0.1, 0.15) is 5.76 Å². The second-order valence-corrected chi connectivity index (χ2v) is 6.56. The highest BCUT2D eigenvalue weighted by atomic mass is 16.5. The zero-order valence-electron chi connectivity index (χ0n) is 15.3. The molecule has 1 atom stereocenters. The summed E-state index contributed by atoms with van der Waals surface area (Å²) in [5, 5.41) is 8.04. The van der Waals surface area contributed by atoms with Crippen LogP contribution in [0.3, 0.4) is 0 Å². The predicted octanol–water partition coefficient (Wildman–Crippen LogP) is 3.99. The van der Waals surface area contributed by atoms with Crippen molar-refractivity contribution >= 4 is 16.8 Å². The third-order valence-corrected chi connectivity index (χ3v) is 4.71. The molecule has 130 valence electrons. The molecular formula is C20H23N3O2. The van der Waals surface area contributed by atoms with Gasteiger partial charge in [0.15, 0.2) is 0 Å². The Morgan fingerprint density at radius 2 is 1.88 bits per heavy atom. The average molecular weight is 337 g/mol. The zero-order chi connectivity index (χ0) is 18.1. The Balaban J connectivity index is 1.83. The highest BCUT2D eigenvalue weighted by Gasteiger charge is 2.20. The molecule has 0 aliphatic carbocycles. The van der Waals surface area contributed by atoms with Crippen LogP contribution in [0, 0.1) is 27.7 Å². The fraction of sp³-hybridized carbons (Fsp3) is 0.350. The highest BCUT2D eigenvalue weighted by molar-refractivity contribution is 6.01. The molecule has 2 heterocycles. The van der Waals surface area contributed by atoms with E-state index < -0.39 is 0 Å². The second-order valence-electron chi connectivity index (χ2n) is 6.56. The number of amides is 1. The third kappa shape index (κ3) is 3.14. The number of hydrogen-bond donors (Lipinski definition) is 1. The monoisotopic (exact) mass is 337 g/mol. The average Bonchev–Trinajstić information content (AvgIpc) is 2.91. The molecule has 0 aliphatic rings. The van der Waals surface area contributed by atoms with Crippen molar-refractivity contribution in [2.45, 2.75) is 40.5 Å². The number of aryl methyl sites for hydroxylation is 4. The number of benzene rings is 1. The number of pyridine rings is 1. The largest absolute Gasteiger partial charge is 0.361 e. The summed E-state index contributed by atoms with van der Waals surface area (Å²) in [4.78, 5) is 17.4. The van der Waals surface area contributed by atoms with Gasteiger partial charge in [-0.15, -0.1) is 0 Å². The molecule has 0 bridgehead atoms. The molecule has 1 N–H and O–H groups in total. The van der Waals surface area contributed by atoms with E-state index in [1.165, 1.54) is 0 Å². The van der Waals surface area contributed by atoms with Gasteiger partial charge in [0.25, 0.3) is 5.91 Å². The first-order valence-corrected chi connectivity index (χ1v) is 8.47. The summed E-state index contributed by atoms with van der Waals surface area (Å²) in [6.45, 7) is 10.3. The van der Waals surface area contributed by atoms with Crippen molar-refractivity contribution in [3.8, 4) is 0 Å². The first-order valence-electron chi connectivity index (χ1n) is 8.47. The highest BCUT2D eigenvalue weighted by Crippen LogP contribution is 2.24. The van der Waals surface area contributed by atoms with Gasteiger partial charge in [0.05, 0.1) is 22.5 Å². The zero-order valence-corrected chi connectivity index (χ0v) is 15.3. The summed E-state index contributed by atoms with van der Waals surface area (Å²) in [6, 6.07) is 7.89. The van der Waals surface area contributed by atoms with Gasteiger partial charge in [0.2, 0.25) is 0 Å². The number of carbonyl (C=O) groups excluding carboxylic acids is 1. The molecule has 0 radical (unpaired) electrons. The van der Waals surface area contributed by atoms with E-state index in [0.29, 0.717) is 12.1 Å². The molecule has 5 heteroatoms. The van der Waals surface area contributed by atoms with Gasteiger partial charge in [-0.05, 0) is 39.3 Å². The number of aromatic nitrogens is 2. The number of fused-ring (bicyclic) bond motifs is 1. The lowest BCUT2D eigenvalue weighted by molar-refractivity contribution is 0.0950. The molecular weight excluding hydrogens is 314 g/mol. The molecule has 1 amide bonds. The van der Waals surface area contributed by atoms with Gasteiger partial charge < -0.3 is 9.84 Å². The molecule has 3 aromatic rings. The van der Waals surface area contributed by atoms with Crippen LogP contribution in [-0.4, -0.2) is 22.6 Å². The molecule has 0 spiro atoms. The smallest absolute Gasteiger partial charge is 0.253 e. The minimum absolute atomic E-state index is 0.0909. The van der Waals surface area contributed by atoms with Crippen LogP contribution < -0.4 is 5.32 Å². The molecule has 0 aliphatic heterocycles. The Morgan fingerprint density at radius 1 is 1.16 bits per heavy atom. The van der Waals surface area contributed by atoms with Crippen molar-refractivity contribution in [1.29, 1.82) is 0 Å². The van der Waals surface area contributed by atoms with Crippen LogP contribution in [0.15, 0.2) is 28.8 Å². The van der Waals surface area contributed by atoms with E-state index in [-0.39, 0.29) is 11.8 Å². The van der Waals surface area contributed by atoms with E-state index in [9.17, 15) is 4.79 Å². The molecule has 0 fully saturated rings. The van der Waals surface area contributed by atoms with E-state index in [0.717, 1.165) is 39.2 Å². The number of carbonyl (C=O) groups is 1. The quantitative estimate of drug-likeness (QED) is 0.781. The van der Waals surface area contributed by atoms with Crippen LogP contribution in [0.25, 0.3) is 10.9 Å². The summed E-state index contributed by atoms with van der Waals surface area (Å²) in [7, 11) is 0. The van der Waals surface area contributed by atoms with Gasteiger partial charge in [-0.25, -0.2) is 0 Å². The lowest BCUT2D eigenvalue weighted by Crippen LogP contribution is -2.29. The summed E-state index contributed by atoms with van der Waals surface area (Å²) in [5.41, 5.74) is 5.22. The van der Waals surface area contributed by atoms with E-state index in [2.05, 4.69) is 22.4 Å². The van der Waals surface area contributed by atoms with Gasteiger partial charge in [-0.3, -0.25) is 9.78 Å². The van der Waals surface area contributed by atoms with E-state index in [4.69, 9.17) is 4.52 Å². The van der Waals surface area contributed by atoms with Crippen molar-refractivity contribution < 1.29 is 9.32 Å². The minimum atomic E-state index is -0.0909. The Labute approximate surface area is 147 Å². The van der Waals surface area contributed by atoms with Gasteiger partial charge in [-0.1, -0.05) is 30.3 Å². The lowest BCUT2D eigenvalue weighted by atomic mass is 9.98. The standard InChI is InChI=1S/C20H23N3O2/c1-11(18-14(4)23-25-15(18)5)10-21-20(24)19-12(2)16-8-6-7-9-17(16)22-13(19)3/h6-9,11H,10H2,1-5H3,(H,21,24)/t11-/m1/s1. The number of nitrogens with zero attached hydrogens (tertiary/aromatic N) is 2. The number of rotatable bonds is 4. The molecule has 25 heavy (non-hydrogen) atoms. The molecule has 5 nitrogen and oxygen atoms in total. The SMILES string of the molecule is Cc1nc2ccccc2c(C)c1C(=O)NC[C@@H](C)c1c(C)noc1C. The van der Waals surface area contributed by atoms with Crippen LogP contribution in [0.5, 0.6) is 0 Å². The maximum atomic E-state index is 12.8. The van der Waals surface area contributed by atoms with Crippen LogP contribution >= 0.6 is 0 Å². The normalized spacial score (nSPS) is 12.4. The summed E-state index contributed by atoms with van der Waals surface area (Å²) >= 11 is 0. The van der Waals surface area contributed by atoms with Crippen molar-refractivity contribution in [3.63, 3.8) is 0 Å². The van der Waals surface area contributed by atoms with Gasteiger partial charge in [-0.2, -0.15) is 0 Å². The van der Waals surface area contributed by atoms with E-state index in [1.807, 2.05) is 52.0 Å². The fourth-order valence-corrected chi connectivity index (χ4v) is 3.50. The Hall–Kier alpha value is -2.69. The number of para-hydroxylation sites is 1. The van der Waals surface area contributed by atoms with Crippen LogP contribution in [-0.2, 0) is 0 Å². The predicted molar refractivity (Wildman–Crippen MR) is 97.9 cm³/mol. The first-order chi connectivity index (χ1) is 11.9.